The lowest BCUT2D eigenvalue weighted by Crippen LogP contribution is -2.41. The van der Waals surface area contributed by atoms with Crippen molar-refractivity contribution in [2.75, 3.05) is 5.73 Å². The quantitative estimate of drug-likeness (QED) is 0.852. The van der Waals surface area contributed by atoms with Gasteiger partial charge in [-0.1, -0.05) is 0 Å². The minimum Gasteiger partial charge on any atom is -0.399 e. The summed E-state index contributed by atoms with van der Waals surface area (Å²) in [5, 5.41) is 0. The SMILES string of the molecule is CC1(C)OB(c2cnc(N)c(C(F)F)c2)OC1(C)C.Cl. The Morgan fingerprint density at radius 1 is 1.20 bits per heavy atom. The van der Waals surface area contributed by atoms with Gasteiger partial charge in [-0.2, -0.15) is 0 Å². The van der Waals surface area contributed by atoms with Crippen molar-refractivity contribution in [2.24, 2.45) is 0 Å². The van der Waals surface area contributed by atoms with Crippen molar-refractivity contribution in [1.82, 2.24) is 4.98 Å². The molecular formula is C12H18BClF2N2O2. The van der Waals surface area contributed by atoms with E-state index in [0.29, 0.717) is 5.46 Å². The Labute approximate surface area is 123 Å². The molecule has 1 aromatic rings. The smallest absolute Gasteiger partial charge is 0.399 e. The van der Waals surface area contributed by atoms with Crippen LogP contribution in [0.15, 0.2) is 12.3 Å². The van der Waals surface area contributed by atoms with E-state index in [9.17, 15) is 8.78 Å². The van der Waals surface area contributed by atoms with Gasteiger partial charge in [0.25, 0.3) is 6.43 Å². The first-order chi connectivity index (χ1) is 8.64. The summed E-state index contributed by atoms with van der Waals surface area (Å²) in [5.41, 5.74) is 4.52. The molecule has 0 spiro atoms. The fourth-order valence-electron chi connectivity index (χ4n) is 1.79. The third-order valence-electron chi connectivity index (χ3n) is 3.73. The predicted octanol–water partition coefficient (Wildman–Crippen LogP) is 2.32. The number of nitrogens with zero attached hydrogens (tertiary/aromatic N) is 1. The highest BCUT2D eigenvalue weighted by atomic mass is 35.5. The lowest BCUT2D eigenvalue weighted by molar-refractivity contribution is 0.00578. The van der Waals surface area contributed by atoms with Crippen molar-refractivity contribution in [3.63, 3.8) is 0 Å². The Morgan fingerprint density at radius 3 is 2.15 bits per heavy atom. The first-order valence-electron chi connectivity index (χ1n) is 6.03. The highest BCUT2D eigenvalue weighted by Crippen LogP contribution is 2.36. The lowest BCUT2D eigenvalue weighted by atomic mass is 9.79. The largest absolute Gasteiger partial charge is 0.496 e. The van der Waals surface area contributed by atoms with E-state index in [1.165, 1.54) is 12.3 Å². The summed E-state index contributed by atoms with van der Waals surface area (Å²) in [7, 11) is -0.712. The molecule has 1 fully saturated rings. The van der Waals surface area contributed by atoms with Gasteiger partial charge < -0.3 is 15.0 Å². The zero-order chi connectivity index (χ0) is 14.4. The van der Waals surface area contributed by atoms with E-state index in [4.69, 9.17) is 15.0 Å². The van der Waals surface area contributed by atoms with Gasteiger partial charge in [0, 0.05) is 11.7 Å². The number of halogens is 3. The first-order valence-corrected chi connectivity index (χ1v) is 6.03. The number of hydrogen-bond acceptors (Lipinski definition) is 4. The third-order valence-corrected chi connectivity index (χ3v) is 3.73. The summed E-state index contributed by atoms with van der Waals surface area (Å²) >= 11 is 0. The van der Waals surface area contributed by atoms with E-state index in [2.05, 4.69) is 4.98 Å². The second-order valence-corrected chi connectivity index (χ2v) is 5.63. The molecule has 2 heterocycles. The molecule has 0 bridgehead atoms. The van der Waals surface area contributed by atoms with Crippen molar-refractivity contribution in [2.45, 2.75) is 45.3 Å². The highest BCUT2D eigenvalue weighted by molar-refractivity contribution is 6.62. The predicted molar refractivity (Wildman–Crippen MR) is 76.6 cm³/mol. The topological polar surface area (TPSA) is 57.4 Å². The van der Waals surface area contributed by atoms with Gasteiger partial charge in [-0.05, 0) is 33.8 Å². The Kier molecular flexibility index (Phi) is 4.68. The maximum absolute atomic E-state index is 12.8. The van der Waals surface area contributed by atoms with Gasteiger partial charge >= 0.3 is 7.12 Å². The van der Waals surface area contributed by atoms with Crippen LogP contribution in [0.2, 0.25) is 0 Å². The summed E-state index contributed by atoms with van der Waals surface area (Å²) in [6, 6.07) is 1.29. The van der Waals surface area contributed by atoms with Crippen LogP contribution in [-0.4, -0.2) is 23.3 Å². The summed E-state index contributed by atoms with van der Waals surface area (Å²) < 4.78 is 37.1. The number of hydrogen-bond donors (Lipinski definition) is 1. The van der Waals surface area contributed by atoms with Crippen LogP contribution >= 0.6 is 12.4 Å². The van der Waals surface area contributed by atoms with Gasteiger partial charge in [-0.25, -0.2) is 13.8 Å². The van der Waals surface area contributed by atoms with Crippen LogP contribution in [0.4, 0.5) is 14.6 Å². The van der Waals surface area contributed by atoms with E-state index < -0.39 is 24.7 Å². The number of pyridine rings is 1. The summed E-state index contributed by atoms with van der Waals surface area (Å²) in [5.74, 6) is -0.171. The standard InChI is InChI=1S/C12H17BF2N2O2.ClH/c1-11(2)12(3,4)19-13(18-11)7-5-8(9(14)15)10(16)17-6-7;/h5-6,9H,1-4H3,(H2,16,17);1H. The van der Waals surface area contributed by atoms with Crippen LogP contribution in [0.1, 0.15) is 39.7 Å². The minimum atomic E-state index is -2.67. The Hall–Kier alpha value is -0.915. The van der Waals surface area contributed by atoms with E-state index >= 15 is 0 Å². The second-order valence-electron chi connectivity index (χ2n) is 5.63. The molecule has 0 amide bonds. The number of rotatable bonds is 2. The zero-order valence-electron chi connectivity index (χ0n) is 11.8. The molecule has 1 aromatic heterocycles. The Morgan fingerprint density at radius 2 is 1.70 bits per heavy atom. The molecule has 8 heteroatoms. The summed E-state index contributed by atoms with van der Waals surface area (Å²) in [6.07, 6.45) is -1.27. The molecule has 0 aliphatic carbocycles. The van der Waals surface area contributed by atoms with E-state index in [0.717, 1.165) is 0 Å². The summed E-state index contributed by atoms with van der Waals surface area (Å²) in [4.78, 5) is 3.78. The number of nitrogens with two attached hydrogens (primary N) is 1. The number of aromatic nitrogens is 1. The molecule has 112 valence electrons. The molecule has 1 aliphatic rings. The second kappa shape index (κ2) is 5.46. The maximum atomic E-state index is 12.8. The number of anilines is 1. The Balaban J connectivity index is 0.00000200. The van der Waals surface area contributed by atoms with Gasteiger partial charge in [0.2, 0.25) is 0 Å². The van der Waals surface area contributed by atoms with Crippen LogP contribution in [-0.2, 0) is 9.31 Å². The van der Waals surface area contributed by atoms with Gasteiger partial charge in [0.05, 0.1) is 16.8 Å². The zero-order valence-corrected chi connectivity index (χ0v) is 12.6. The van der Waals surface area contributed by atoms with E-state index in [1.54, 1.807) is 0 Å². The van der Waals surface area contributed by atoms with Gasteiger partial charge in [-0.3, -0.25) is 0 Å². The van der Waals surface area contributed by atoms with Crippen molar-refractivity contribution < 1.29 is 18.1 Å². The average molecular weight is 307 g/mol. The Bertz CT molecular complexity index is 484. The molecule has 4 nitrogen and oxygen atoms in total. The average Bonchev–Trinajstić information content (AvgIpc) is 2.48. The van der Waals surface area contributed by atoms with Crippen LogP contribution in [0, 0.1) is 0 Å². The summed E-state index contributed by atoms with van der Waals surface area (Å²) in [6.45, 7) is 7.58. The molecule has 0 radical (unpaired) electrons. The molecule has 20 heavy (non-hydrogen) atoms. The maximum Gasteiger partial charge on any atom is 0.496 e. The molecule has 1 saturated heterocycles. The van der Waals surface area contributed by atoms with E-state index in [-0.39, 0.29) is 23.8 Å². The minimum absolute atomic E-state index is 0. The monoisotopic (exact) mass is 306 g/mol. The van der Waals surface area contributed by atoms with Gasteiger partial charge in [0.1, 0.15) is 5.82 Å². The molecule has 0 aromatic carbocycles. The third kappa shape index (κ3) is 2.89. The highest BCUT2D eigenvalue weighted by Gasteiger charge is 2.51. The number of nitrogen functional groups attached to an aromatic ring is 1. The molecule has 2 rings (SSSR count). The van der Waals surface area contributed by atoms with Gasteiger partial charge in [-0.15, -0.1) is 12.4 Å². The van der Waals surface area contributed by atoms with Crippen molar-refractivity contribution in [3.05, 3.63) is 17.8 Å². The normalized spacial score (nSPS) is 20.1. The van der Waals surface area contributed by atoms with Crippen molar-refractivity contribution in [1.29, 1.82) is 0 Å². The fourth-order valence-corrected chi connectivity index (χ4v) is 1.79. The molecule has 0 atom stereocenters. The van der Waals surface area contributed by atoms with E-state index in [1.807, 2.05) is 27.7 Å². The van der Waals surface area contributed by atoms with Crippen molar-refractivity contribution in [3.8, 4) is 0 Å². The van der Waals surface area contributed by atoms with Crippen molar-refractivity contribution >= 4 is 30.8 Å². The van der Waals surface area contributed by atoms with Crippen LogP contribution in [0.3, 0.4) is 0 Å². The molecule has 0 unspecified atom stereocenters. The van der Waals surface area contributed by atoms with Crippen LogP contribution in [0.5, 0.6) is 0 Å². The lowest BCUT2D eigenvalue weighted by Gasteiger charge is -2.32. The fraction of sp³-hybridized carbons (Fsp3) is 0.583. The molecular weight excluding hydrogens is 288 g/mol. The molecule has 1 aliphatic heterocycles. The number of alkyl halides is 2. The van der Waals surface area contributed by atoms with Crippen LogP contribution < -0.4 is 11.2 Å². The molecule has 0 saturated carbocycles. The molecule has 2 N–H and O–H groups in total. The van der Waals surface area contributed by atoms with Gasteiger partial charge in [0.15, 0.2) is 0 Å². The first kappa shape index (κ1) is 17.1. The van der Waals surface area contributed by atoms with Crippen LogP contribution in [0.25, 0.3) is 0 Å².